The van der Waals surface area contributed by atoms with Crippen LogP contribution in [0.5, 0.6) is 0 Å². The third-order valence-electron chi connectivity index (χ3n) is 3.70. The number of carboxylic acid groups (broad SMARTS) is 2. The van der Waals surface area contributed by atoms with Crippen molar-refractivity contribution in [1.29, 1.82) is 0 Å². The summed E-state index contributed by atoms with van der Waals surface area (Å²) >= 11 is 0. The Bertz CT molecular complexity index is 549. The highest BCUT2D eigenvalue weighted by atomic mass is 16.4. The van der Waals surface area contributed by atoms with Crippen molar-refractivity contribution in [2.45, 2.75) is 33.1 Å². The van der Waals surface area contributed by atoms with E-state index in [2.05, 4.69) is 5.32 Å². The van der Waals surface area contributed by atoms with Crippen molar-refractivity contribution in [3.8, 4) is 0 Å². The Morgan fingerprint density at radius 3 is 2.24 bits per heavy atom. The van der Waals surface area contributed by atoms with Gasteiger partial charge in [0, 0.05) is 12.1 Å². The van der Waals surface area contributed by atoms with Gasteiger partial charge >= 0.3 is 11.9 Å². The monoisotopic (exact) mass is 293 g/mol. The molecule has 1 amide bonds. The maximum Gasteiger partial charge on any atom is 0.335 e. The van der Waals surface area contributed by atoms with Gasteiger partial charge in [-0.05, 0) is 31.0 Å². The van der Waals surface area contributed by atoms with Crippen LogP contribution in [0.1, 0.15) is 43.5 Å². The number of anilines is 1. The van der Waals surface area contributed by atoms with Gasteiger partial charge in [0.2, 0.25) is 5.91 Å². The molecule has 3 N–H and O–H groups in total. The van der Waals surface area contributed by atoms with Crippen molar-refractivity contribution in [2.75, 3.05) is 5.32 Å². The van der Waals surface area contributed by atoms with Crippen molar-refractivity contribution in [1.82, 2.24) is 0 Å². The topological polar surface area (TPSA) is 104 Å². The first-order valence-electron chi connectivity index (χ1n) is 6.71. The molecule has 0 heterocycles. The summed E-state index contributed by atoms with van der Waals surface area (Å²) in [4.78, 5) is 34.2. The van der Waals surface area contributed by atoms with Gasteiger partial charge in [-0.3, -0.25) is 9.59 Å². The molecule has 6 nitrogen and oxygen atoms in total. The first kappa shape index (κ1) is 16.7. The van der Waals surface area contributed by atoms with E-state index in [1.165, 1.54) is 18.2 Å². The van der Waals surface area contributed by atoms with Crippen molar-refractivity contribution in [2.24, 2.45) is 5.41 Å². The van der Waals surface area contributed by atoms with E-state index in [9.17, 15) is 19.5 Å². The molecule has 0 aromatic heterocycles. The smallest absolute Gasteiger partial charge is 0.335 e. The minimum atomic E-state index is -1.09. The maximum absolute atomic E-state index is 12.0. The van der Waals surface area contributed by atoms with Crippen molar-refractivity contribution < 1.29 is 24.6 Å². The number of carbonyl (C=O) groups excluding carboxylic acids is 1. The van der Waals surface area contributed by atoms with Gasteiger partial charge in [-0.1, -0.05) is 19.9 Å². The fourth-order valence-electron chi connectivity index (χ4n) is 2.12. The van der Waals surface area contributed by atoms with Crippen molar-refractivity contribution >= 4 is 23.5 Å². The number of aromatic carboxylic acids is 1. The lowest BCUT2D eigenvalue weighted by molar-refractivity contribution is -0.151. The maximum atomic E-state index is 12.0. The van der Waals surface area contributed by atoms with E-state index in [1.807, 2.05) is 0 Å². The zero-order valence-corrected chi connectivity index (χ0v) is 12.0. The third kappa shape index (κ3) is 4.05. The van der Waals surface area contributed by atoms with Gasteiger partial charge < -0.3 is 15.5 Å². The Morgan fingerprint density at radius 1 is 1.14 bits per heavy atom. The SMILES string of the molecule is CCC(CC)(CC(=O)Nc1cccc(C(=O)O)c1)C(=O)O. The molecular formula is C15H19NO5. The van der Waals surface area contributed by atoms with Crippen molar-refractivity contribution in [3.05, 3.63) is 29.8 Å². The van der Waals surface area contributed by atoms with Crippen LogP contribution in [0, 0.1) is 5.41 Å². The Labute approximate surface area is 122 Å². The molecule has 0 fully saturated rings. The predicted octanol–water partition coefficient (Wildman–Crippen LogP) is 2.60. The second kappa shape index (κ2) is 6.88. The van der Waals surface area contributed by atoms with E-state index in [0.29, 0.717) is 18.5 Å². The largest absolute Gasteiger partial charge is 0.481 e. The van der Waals surface area contributed by atoms with Gasteiger partial charge in [-0.25, -0.2) is 4.79 Å². The van der Waals surface area contributed by atoms with E-state index in [4.69, 9.17) is 5.11 Å². The van der Waals surface area contributed by atoms with E-state index in [1.54, 1.807) is 19.9 Å². The average Bonchev–Trinajstić information content (AvgIpc) is 2.44. The van der Waals surface area contributed by atoms with Gasteiger partial charge in [0.25, 0.3) is 0 Å². The highest BCUT2D eigenvalue weighted by Crippen LogP contribution is 2.31. The number of carbonyl (C=O) groups is 3. The molecule has 0 unspecified atom stereocenters. The molecular weight excluding hydrogens is 274 g/mol. The van der Waals surface area contributed by atoms with Crippen LogP contribution in [0.2, 0.25) is 0 Å². The van der Waals surface area contributed by atoms with Crippen LogP contribution < -0.4 is 5.32 Å². The minimum absolute atomic E-state index is 0.0586. The summed E-state index contributed by atoms with van der Waals surface area (Å²) in [5.74, 6) is -2.53. The van der Waals surface area contributed by atoms with Crippen LogP contribution in [0.15, 0.2) is 24.3 Å². The molecule has 114 valence electrons. The van der Waals surface area contributed by atoms with Gasteiger partial charge in [-0.15, -0.1) is 0 Å². The summed E-state index contributed by atoms with van der Waals surface area (Å²) in [5.41, 5.74) is -0.691. The van der Waals surface area contributed by atoms with Gasteiger partial charge in [0.05, 0.1) is 11.0 Å². The van der Waals surface area contributed by atoms with Crippen LogP contribution >= 0.6 is 0 Å². The Morgan fingerprint density at radius 2 is 1.76 bits per heavy atom. The lowest BCUT2D eigenvalue weighted by Crippen LogP contribution is -2.34. The second-order valence-electron chi connectivity index (χ2n) is 4.90. The molecule has 0 radical (unpaired) electrons. The Kier molecular flexibility index (Phi) is 5.46. The Balaban J connectivity index is 2.84. The molecule has 0 aliphatic carbocycles. The van der Waals surface area contributed by atoms with Crippen LogP contribution in [0.3, 0.4) is 0 Å². The summed E-state index contributed by atoms with van der Waals surface area (Å²) < 4.78 is 0. The lowest BCUT2D eigenvalue weighted by Gasteiger charge is -2.25. The van der Waals surface area contributed by atoms with Crippen LogP contribution in [0.4, 0.5) is 5.69 Å². The average molecular weight is 293 g/mol. The number of carboxylic acids is 2. The standard InChI is InChI=1S/C15H19NO5/c1-3-15(4-2,14(20)21)9-12(17)16-11-7-5-6-10(8-11)13(18)19/h5-8H,3-4,9H2,1-2H3,(H,16,17)(H,18,19)(H,20,21). The third-order valence-corrected chi connectivity index (χ3v) is 3.70. The molecule has 0 atom stereocenters. The fourth-order valence-corrected chi connectivity index (χ4v) is 2.12. The lowest BCUT2D eigenvalue weighted by atomic mass is 9.79. The van der Waals surface area contributed by atoms with Crippen molar-refractivity contribution in [3.63, 3.8) is 0 Å². The summed E-state index contributed by atoms with van der Waals surface area (Å²) in [6, 6.07) is 5.83. The normalized spacial score (nSPS) is 11.0. The molecule has 0 saturated heterocycles. The summed E-state index contributed by atoms with van der Waals surface area (Å²) in [6.45, 7) is 3.46. The van der Waals surface area contributed by atoms with E-state index in [0.717, 1.165) is 0 Å². The van der Waals surface area contributed by atoms with Gasteiger partial charge in [-0.2, -0.15) is 0 Å². The molecule has 0 saturated carbocycles. The van der Waals surface area contributed by atoms with Gasteiger partial charge in [0.15, 0.2) is 0 Å². The number of nitrogens with one attached hydrogen (secondary N) is 1. The fraction of sp³-hybridized carbons (Fsp3) is 0.400. The van der Waals surface area contributed by atoms with Crippen LogP contribution in [0.25, 0.3) is 0 Å². The number of hydrogen-bond acceptors (Lipinski definition) is 3. The zero-order chi connectivity index (χ0) is 16.0. The highest BCUT2D eigenvalue weighted by molar-refractivity contribution is 5.96. The highest BCUT2D eigenvalue weighted by Gasteiger charge is 2.37. The summed E-state index contributed by atoms with van der Waals surface area (Å²) in [5, 5.41) is 20.7. The number of aliphatic carboxylic acids is 1. The predicted molar refractivity (Wildman–Crippen MR) is 77.3 cm³/mol. The zero-order valence-electron chi connectivity index (χ0n) is 12.0. The van der Waals surface area contributed by atoms with E-state index < -0.39 is 23.3 Å². The number of amides is 1. The number of rotatable bonds is 7. The molecule has 6 heteroatoms. The number of hydrogen-bond donors (Lipinski definition) is 3. The second-order valence-corrected chi connectivity index (χ2v) is 4.90. The van der Waals surface area contributed by atoms with Gasteiger partial charge in [0.1, 0.15) is 0 Å². The molecule has 21 heavy (non-hydrogen) atoms. The van der Waals surface area contributed by atoms with E-state index in [-0.39, 0.29) is 12.0 Å². The first-order valence-corrected chi connectivity index (χ1v) is 6.71. The molecule has 0 spiro atoms. The molecule has 0 aliphatic rings. The summed E-state index contributed by atoms with van der Waals surface area (Å²) in [7, 11) is 0. The Hall–Kier alpha value is -2.37. The van der Waals surface area contributed by atoms with Crippen LogP contribution in [-0.2, 0) is 9.59 Å². The minimum Gasteiger partial charge on any atom is -0.481 e. The number of benzene rings is 1. The van der Waals surface area contributed by atoms with Crippen LogP contribution in [-0.4, -0.2) is 28.1 Å². The quantitative estimate of drug-likeness (QED) is 0.717. The molecule has 0 bridgehead atoms. The molecule has 1 rings (SSSR count). The first-order chi connectivity index (χ1) is 9.84. The molecule has 1 aromatic rings. The molecule has 0 aliphatic heterocycles. The molecule has 1 aromatic carbocycles. The summed E-state index contributed by atoms with van der Waals surface area (Å²) in [6.07, 6.45) is 0.551. The van der Waals surface area contributed by atoms with E-state index >= 15 is 0 Å².